The van der Waals surface area contributed by atoms with E-state index in [9.17, 15) is 0 Å². The standard InChI is InChI=1S/C14H15ClN4/c1-8-11(16)4-5-13(14(8)18)19-7-9-2-3-12(17)10(15)6-9/h2-7H,16-18H2,1H3. The summed E-state index contributed by atoms with van der Waals surface area (Å²) in [4.78, 5) is 4.34. The number of nitrogens with two attached hydrogens (primary N) is 3. The quantitative estimate of drug-likeness (QED) is 0.580. The predicted octanol–water partition coefficient (Wildman–Crippen LogP) is 3.15. The summed E-state index contributed by atoms with van der Waals surface area (Å²) >= 11 is 5.94. The van der Waals surface area contributed by atoms with Crippen LogP contribution in [0, 0.1) is 6.92 Å². The van der Waals surface area contributed by atoms with Crippen molar-refractivity contribution in [2.75, 3.05) is 17.2 Å². The second-order valence-corrected chi connectivity index (χ2v) is 4.66. The van der Waals surface area contributed by atoms with Crippen LogP contribution < -0.4 is 17.2 Å². The second-order valence-electron chi connectivity index (χ2n) is 4.25. The van der Waals surface area contributed by atoms with Crippen molar-refractivity contribution in [3.8, 4) is 0 Å². The molecule has 0 unspecified atom stereocenters. The molecule has 0 aliphatic rings. The lowest BCUT2D eigenvalue weighted by Gasteiger charge is -2.06. The van der Waals surface area contributed by atoms with Gasteiger partial charge in [-0.05, 0) is 42.3 Å². The van der Waals surface area contributed by atoms with Gasteiger partial charge in [-0.3, -0.25) is 4.99 Å². The highest BCUT2D eigenvalue weighted by Crippen LogP contribution is 2.29. The number of rotatable bonds is 2. The van der Waals surface area contributed by atoms with Crippen molar-refractivity contribution in [2.45, 2.75) is 6.92 Å². The molecule has 0 aromatic heterocycles. The molecule has 0 bridgehead atoms. The summed E-state index contributed by atoms with van der Waals surface area (Å²) in [5.74, 6) is 0. The smallest absolute Gasteiger partial charge is 0.0863 e. The number of hydrogen-bond donors (Lipinski definition) is 3. The first-order chi connectivity index (χ1) is 8.99. The molecule has 0 spiro atoms. The molecular formula is C14H15ClN4. The number of anilines is 3. The van der Waals surface area contributed by atoms with Crippen LogP contribution in [0.4, 0.5) is 22.7 Å². The van der Waals surface area contributed by atoms with Crippen LogP contribution in [0.1, 0.15) is 11.1 Å². The Kier molecular flexibility index (Phi) is 3.62. The molecule has 2 aromatic rings. The van der Waals surface area contributed by atoms with Crippen LogP contribution in [-0.4, -0.2) is 6.21 Å². The fraction of sp³-hybridized carbons (Fsp3) is 0.0714. The molecule has 2 aromatic carbocycles. The van der Waals surface area contributed by atoms with Crippen molar-refractivity contribution < 1.29 is 0 Å². The Morgan fingerprint density at radius 3 is 2.42 bits per heavy atom. The van der Waals surface area contributed by atoms with Crippen molar-refractivity contribution in [1.82, 2.24) is 0 Å². The largest absolute Gasteiger partial charge is 0.398 e. The molecule has 0 radical (unpaired) electrons. The summed E-state index contributed by atoms with van der Waals surface area (Å²) in [6, 6.07) is 8.90. The van der Waals surface area contributed by atoms with Crippen LogP contribution in [0.25, 0.3) is 0 Å². The van der Waals surface area contributed by atoms with E-state index in [2.05, 4.69) is 4.99 Å². The Hall–Kier alpha value is -2.20. The highest BCUT2D eigenvalue weighted by molar-refractivity contribution is 6.33. The molecular weight excluding hydrogens is 260 g/mol. The number of nitrogens with zero attached hydrogens (tertiary/aromatic N) is 1. The summed E-state index contributed by atoms with van der Waals surface area (Å²) in [5.41, 5.74) is 21.5. The SMILES string of the molecule is Cc1c(N)ccc(N=Cc2ccc(N)c(Cl)c2)c1N. The third-order valence-corrected chi connectivity index (χ3v) is 3.24. The fourth-order valence-corrected chi connectivity index (χ4v) is 1.80. The highest BCUT2D eigenvalue weighted by Gasteiger charge is 2.03. The van der Waals surface area contributed by atoms with Gasteiger partial charge >= 0.3 is 0 Å². The summed E-state index contributed by atoms with van der Waals surface area (Å²) in [5, 5.41) is 0.505. The summed E-state index contributed by atoms with van der Waals surface area (Å²) in [7, 11) is 0. The van der Waals surface area contributed by atoms with Gasteiger partial charge in [-0.2, -0.15) is 0 Å². The molecule has 19 heavy (non-hydrogen) atoms. The number of nitrogen functional groups attached to an aromatic ring is 3. The predicted molar refractivity (Wildman–Crippen MR) is 83.1 cm³/mol. The Balaban J connectivity index is 2.32. The van der Waals surface area contributed by atoms with Crippen LogP contribution in [0.15, 0.2) is 35.3 Å². The van der Waals surface area contributed by atoms with Crippen LogP contribution >= 0.6 is 11.6 Å². The minimum Gasteiger partial charge on any atom is -0.398 e. The van der Waals surface area contributed by atoms with E-state index in [0.29, 0.717) is 27.8 Å². The van der Waals surface area contributed by atoms with Crippen molar-refractivity contribution in [3.63, 3.8) is 0 Å². The van der Waals surface area contributed by atoms with E-state index in [4.69, 9.17) is 28.8 Å². The first-order valence-corrected chi connectivity index (χ1v) is 6.10. The van der Waals surface area contributed by atoms with Gasteiger partial charge in [0.05, 0.1) is 22.1 Å². The van der Waals surface area contributed by atoms with Crippen molar-refractivity contribution in [1.29, 1.82) is 0 Å². The van der Waals surface area contributed by atoms with Crippen molar-refractivity contribution >= 4 is 40.6 Å². The van der Waals surface area contributed by atoms with E-state index in [-0.39, 0.29) is 0 Å². The minimum atomic E-state index is 0.505. The van der Waals surface area contributed by atoms with Gasteiger partial charge in [0.15, 0.2) is 0 Å². The lowest BCUT2D eigenvalue weighted by atomic mass is 10.1. The Morgan fingerprint density at radius 2 is 1.74 bits per heavy atom. The first kappa shape index (κ1) is 13.2. The van der Waals surface area contributed by atoms with Gasteiger partial charge in [0, 0.05) is 11.9 Å². The van der Waals surface area contributed by atoms with Crippen LogP contribution in [0.2, 0.25) is 5.02 Å². The zero-order valence-corrected chi connectivity index (χ0v) is 11.3. The highest BCUT2D eigenvalue weighted by atomic mass is 35.5. The molecule has 0 amide bonds. The summed E-state index contributed by atoms with van der Waals surface area (Å²) in [6.45, 7) is 1.86. The molecule has 0 heterocycles. The van der Waals surface area contributed by atoms with Crippen LogP contribution in [-0.2, 0) is 0 Å². The normalized spacial score (nSPS) is 11.1. The van der Waals surface area contributed by atoms with E-state index in [1.54, 1.807) is 30.5 Å². The number of hydrogen-bond acceptors (Lipinski definition) is 4. The molecule has 0 aliphatic heterocycles. The maximum Gasteiger partial charge on any atom is 0.0863 e. The summed E-state index contributed by atoms with van der Waals surface area (Å²) < 4.78 is 0. The van der Waals surface area contributed by atoms with E-state index in [1.165, 1.54) is 0 Å². The van der Waals surface area contributed by atoms with E-state index >= 15 is 0 Å². The topological polar surface area (TPSA) is 90.4 Å². The number of halogens is 1. The zero-order chi connectivity index (χ0) is 14.0. The third-order valence-electron chi connectivity index (χ3n) is 2.91. The van der Waals surface area contributed by atoms with Gasteiger partial charge < -0.3 is 17.2 Å². The molecule has 4 nitrogen and oxygen atoms in total. The Labute approximate surface area is 116 Å². The van der Waals surface area contributed by atoms with Gasteiger partial charge in [-0.25, -0.2) is 0 Å². The Morgan fingerprint density at radius 1 is 1.05 bits per heavy atom. The van der Waals surface area contributed by atoms with E-state index < -0.39 is 0 Å². The average Bonchev–Trinajstić information content (AvgIpc) is 2.39. The van der Waals surface area contributed by atoms with Crippen LogP contribution in [0.3, 0.4) is 0 Å². The molecule has 98 valence electrons. The zero-order valence-electron chi connectivity index (χ0n) is 10.5. The minimum absolute atomic E-state index is 0.505. The molecule has 0 aliphatic carbocycles. The van der Waals surface area contributed by atoms with E-state index in [0.717, 1.165) is 11.1 Å². The van der Waals surface area contributed by atoms with Crippen LogP contribution in [0.5, 0.6) is 0 Å². The van der Waals surface area contributed by atoms with Gasteiger partial charge in [-0.15, -0.1) is 0 Å². The lowest BCUT2D eigenvalue weighted by Crippen LogP contribution is -1.96. The monoisotopic (exact) mass is 274 g/mol. The molecule has 0 saturated heterocycles. The lowest BCUT2D eigenvalue weighted by molar-refractivity contribution is 1.43. The number of benzene rings is 2. The second kappa shape index (κ2) is 5.20. The average molecular weight is 275 g/mol. The van der Waals surface area contributed by atoms with Gasteiger partial charge in [0.1, 0.15) is 0 Å². The molecule has 5 heteroatoms. The van der Waals surface area contributed by atoms with Crippen molar-refractivity contribution in [3.05, 3.63) is 46.5 Å². The number of aliphatic imine (C=N–C) groups is 1. The fourth-order valence-electron chi connectivity index (χ4n) is 1.61. The maximum absolute atomic E-state index is 5.96. The summed E-state index contributed by atoms with van der Waals surface area (Å²) in [6.07, 6.45) is 1.69. The molecule has 6 N–H and O–H groups in total. The Bertz CT molecular complexity index is 650. The van der Waals surface area contributed by atoms with Crippen molar-refractivity contribution in [2.24, 2.45) is 4.99 Å². The van der Waals surface area contributed by atoms with Gasteiger partial charge in [-0.1, -0.05) is 17.7 Å². The van der Waals surface area contributed by atoms with Gasteiger partial charge in [0.25, 0.3) is 0 Å². The third kappa shape index (κ3) is 2.80. The first-order valence-electron chi connectivity index (χ1n) is 5.72. The maximum atomic E-state index is 5.96. The molecule has 0 fully saturated rings. The molecule has 2 rings (SSSR count). The molecule has 0 saturated carbocycles. The van der Waals surface area contributed by atoms with E-state index in [1.807, 2.05) is 13.0 Å². The van der Waals surface area contributed by atoms with Gasteiger partial charge in [0.2, 0.25) is 0 Å². The molecule has 0 atom stereocenters.